The van der Waals surface area contributed by atoms with Crippen LogP contribution in [0.25, 0.3) is 0 Å². The molecule has 2 heteroatoms. The summed E-state index contributed by atoms with van der Waals surface area (Å²) >= 11 is 0. The van der Waals surface area contributed by atoms with Crippen molar-refractivity contribution in [2.45, 2.75) is 51.5 Å². The summed E-state index contributed by atoms with van der Waals surface area (Å²) in [6, 6.07) is 9.72. The van der Waals surface area contributed by atoms with Gasteiger partial charge in [-0.3, -0.25) is 0 Å². The van der Waals surface area contributed by atoms with Gasteiger partial charge in [-0.1, -0.05) is 42.7 Å². The van der Waals surface area contributed by atoms with Crippen LogP contribution in [0.2, 0.25) is 0 Å². The van der Waals surface area contributed by atoms with Crippen LogP contribution in [0, 0.1) is 12.8 Å². The fourth-order valence-corrected chi connectivity index (χ4v) is 3.50. The minimum atomic E-state index is 0.581. The van der Waals surface area contributed by atoms with E-state index in [0.29, 0.717) is 6.04 Å². The normalized spacial score (nSPS) is 22.0. The molecule has 2 aliphatic rings. The molecule has 1 N–H and O–H groups in total. The van der Waals surface area contributed by atoms with Gasteiger partial charge in [-0.05, 0) is 57.2 Å². The molecule has 1 unspecified atom stereocenters. The fraction of sp³-hybridized carbons (Fsp3) is 0.684. The van der Waals surface area contributed by atoms with Gasteiger partial charge in [-0.25, -0.2) is 0 Å². The number of nitrogens with one attached hydrogen (secondary N) is 1. The molecule has 116 valence electrons. The molecule has 1 aliphatic carbocycles. The van der Waals surface area contributed by atoms with Crippen LogP contribution in [0.15, 0.2) is 24.3 Å². The quantitative estimate of drug-likeness (QED) is 0.853. The van der Waals surface area contributed by atoms with Gasteiger partial charge in [0.05, 0.1) is 0 Å². The molecule has 3 rings (SSSR count). The predicted octanol–water partition coefficient (Wildman–Crippen LogP) is 3.91. The molecular weight excluding hydrogens is 256 g/mol. The van der Waals surface area contributed by atoms with Crippen LogP contribution in [0.3, 0.4) is 0 Å². The summed E-state index contributed by atoms with van der Waals surface area (Å²) in [4.78, 5) is 2.65. The van der Waals surface area contributed by atoms with Crippen molar-refractivity contribution in [3.63, 3.8) is 0 Å². The highest BCUT2D eigenvalue weighted by atomic mass is 15.1. The van der Waals surface area contributed by atoms with E-state index in [1.165, 1.54) is 69.3 Å². The summed E-state index contributed by atoms with van der Waals surface area (Å²) < 4.78 is 0. The zero-order valence-electron chi connectivity index (χ0n) is 13.5. The van der Waals surface area contributed by atoms with Crippen molar-refractivity contribution in [3.05, 3.63) is 35.4 Å². The van der Waals surface area contributed by atoms with Crippen molar-refractivity contribution >= 4 is 0 Å². The molecule has 0 spiro atoms. The number of aryl methyl sites for hydroxylation is 1. The Balaban J connectivity index is 1.50. The Morgan fingerprint density at radius 1 is 1.05 bits per heavy atom. The van der Waals surface area contributed by atoms with Gasteiger partial charge in [-0.2, -0.15) is 0 Å². The van der Waals surface area contributed by atoms with Crippen LogP contribution in [0.1, 0.15) is 55.7 Å². The van der Waals surface area contributed by atoms with Crippen LogP contribution >= 0.6 is 0 Å². The summed E-state index contributed by atoms with van der Waals surface area (Å²) in [7, 11) is 0. The highest BCUT2D eigenvalue weighted by molar-refractivity contribution is 5.25. The second-order valence-electron chi connectivity index (χ2n) is 6.94. The first-order chi connectivity index (χ1) is 10.3. The van der Waals surface area contributed by atoms with Crippen LogP contribution in [-0.2, 0) is 0 Å². The lowest BCUT2D eigenvalue weighted by Gasteiger charge is -2.23. The highest BCUT2D eigenvalue weighted by Gasteiger charge is 2.31. The van der Waals surface area contributed by atoms with Crippen molar-refractivity contribution in [2.24, 2.45) is 5.92 Å². The number of rotatable bonds is 6. The molecular formula is C19H30N2. The average molecular weight is 286 g/mol. The van der Waals surface area contributed by atoms with Crippen LogP contribution in [0.4, 0.5) is 0 Å². The summed E-state index contributed by atoms with van der Waals surface area (Å²) in [6.07, 6.45) is 8.44. The Morgan fingerprint density at radius 3 is 2.33 bits per heavy atom. The lowest BCUT2D eigenvalue weighted by atomic mass is 10.0. The second kappa shape index (κ2) is 7.42. The first-order valence-corrected chi connectivity index (χ1v) is 8.85. The zero-order chi connectivity index (χ0) is 14.5. The molecule has 1 heterocycles. The molecule has 1 saturated carbocycles. The number of hydrogen-bond acceptors (Lipinski definition) is 2. The van der Waals surface area contributed by atoms with Crippen LogP contribution < -0.4 is 5.32 Å². The van der Waals surface area contributed by atoms with Gasteiger partial charge >= 0.3 is 0 Å². The van der Waals surface area contributed by atoms with Gasteiger partial charge in [0.1, 0.15) is 0 Å². The molecule has 0 bridgehead atoms. The maximum absolute atomic E-state index is 3.84. The van der Waals surface area contributed by atoms with Gasteiger partial charge < -0.3 is 10.2 Å². The molecule has 0 radical (unpaired) electrons. The van der Waals surface area contributed by atoms with E-state index in [0.717, 1.165) is 12.5 Å². The van der Waals surface area contributed by atoms with Crippen molar-refractivity contribution in [1.82, 2.24) is 10.2 Å². The number of nitrogens with zero attached hydrogens (tertiary/aromatic N) is 1. The number of likely N-dealkylation sites (tertiary alicyclic amines) is 1. The lowest BCUT2D eigenvalue weighted by molar-refractivity contribution is 0.276. The van der Waals surface area contributed by atoms with E-state index in [4.69, 9.17) is 0 Å². The molecule has 0 aromatic heterocycles. The SMILES string of the molecule is Cc1ccc(C(NCCN2CCCCCC2)C2CC2)cc1. The van der Waals surface area contributed by atoms with E-state index in [1.807, 2.05) is 0 Å². The Morgan fingerprint density at radius 2 is 1.71 bits per heavy atom. The molecule has 1 aromatic rings. The van der Waals surface area contributed by atoms with Crippen molar-refractivity contribution < 1.29 is 0 Å². The summed E-state index contributed by atoms with van der Waals surface area (Å²) in [5.74, 6) is 0.872. The van der Waals surface area contributed by atoms with Gasteiger partial charge in [0, 0.05) is 19.1 Å². The summed E-state index contributed by atoms with van der Waals surface area (Å²) in [5, 5.41) is 3.84. The van der Waals surface area contributed by atoms with Crippen molar-refractivity contribution in [1.29, 1.82) is 0 Å². The monoisotopic (exact) mass is 286 g/mol. The Hall–Kier alpha value is -0.860. The standard InChI is InChI=1S/C19H30N2/c1-16-6-8-17(9-7-16)19(18-10-11-18)20-12-15-21-13-4-2-3-5-14-21/h6-9,18-20H,2-5,10-15H2,1H3. The Kier molecular flexibility index (Phi) is 5.32. The van der Waals surface area contributed by atoms with E-state index in [9.17, 15) is 0 Å². The smallest absolute Gasteiger partial charge is 0.0349 e. The third kappa shape index (κ3) is 4.55. The minimum Gasteiger partial charge on any atom is -0.308 e. The first-order valence-electron chi connectivity index (χ1n) is 8.85. The maximum Gasteiger partial charge on any atom is 0.0349 e. The van der Waals surface area contributed by atoms with Crippen LogP contribution in [-0.4, -0.2) is 31.1 Å². The minimum absolute atomic E-state index is 0.581. The first kappa shape index (κ1) is 15.1. The highest BCUT2D eigenvalue weighted by Crippen LogP contribution is 2.40. The summed E-state index contributed by atoms with van der Waals surface area (Å²) in [5.41, 5.74) is 2.84. The van der Waals surface area contributed by atoms with E-state index >= 15 is 0 Å². The van der Waals surface area contributed by atoms with Crippen molar-refractivity contribution in [3.8, 4) is 0 Å². The molecule has 1 atom stereocenters. The Labute approximate surface area is 129 Å². The van der Waals surface area contributed by atoms with E-state index in [2.05, 4.69) is 41.4 Å². The molecule has 1 aromatic carbocycles. The Bertz CT molecular complexity index is 414. The maximum atomic E-state index is 3.84. The van der Waals surface area contributed by atoms with E-state index in [1.54, 1.807) is 0 Å². The molecule has 2 nitrogen and oxygen atoms in total. The largest absolute Gasteiger partial charge is 0.308 e. The van der Waals surface area contributed by atoms with E-state index < -0.39 is 0 Å². The molecule has 1 aliphatic heterocycles. The topological polar surface area (TPSA) is 15.3 Å². The summed E-state index contributed by atoms with van der Waals surface area (Å²) in [6.45, 7) is 7.13. The number of benzene rings is 1. The average Bonchev–Trinajstić information content (AvgIpc) is 3.33. The molecule has 1 saturated heterocycles. The third-order valence-corrected chi connectivity index (χ3v) is 5.02. The van der Waals surface area contributed by atoms with Gasteiger partial charge in [0.15, 0.2) is 0 Å². The third-order valence-electron chi connectivity index (χ3n) is 5.02. The van der Waals surface area contributed by atoms with Gasteiger partial charge in [-0.15, -0.1) is 0 Å². The number of hydrogen-bond donors (Lipinski definition) is 1. The molecule has 0 amide bonds. The van der Waals surface area contributed by atoms with E-state index in [-0.39, 0.29) is 0 Å². The van der Waals surface area contributed by atoms with Gasteiger partial charge in [0.2, 0.25) is 0 Å². The fourth-order valence-electron chi connectivity index (χ4n) is 3.50. The van der Waals surface area contributed by atoms with Gasteiger partial charge in [0.25, 0.3) is 0 Å². The van der Waals surface area contributed by atoms with Crippen molar-refractivity contribution in [2.75, 3.05) is 26.2 Å². The molecule has 21 heavy (non-hydrogen) atoms. The lowest BCUT2D eigenvalue weighted by Crippen LogP contribution is -2.35. The zero-order valence-corrected chi connectivity index (χ0v) is 13.5. The molecule has 2 fully saturated rings. The second-order valence-corrected chi connectivity index (χ2v) is 6.94. The van der Waals surface area contributed by atoms with Crippen LogP contribution in [0.5, 0.6) is 0 Å². The predicted molar refractivity (Wildman–Crippen MR) is 89.6 cm³/mol.